The second-order valence-corrected chi connectivity index (χ2v) is 3.94. The molecule has 84 valence electrons. The van der Waals surface area contributed by atoms with E-state index in [4.69, 9.17) is 4.74 Å². The Morgan fingerprint density at radius 2 is 2.36 bits per heavy atom. The zero-order valence-corrected chi connectivity index (χ0v) is 9.59. The van der Waals surface area contributed by atoms with Gasteiger partial charge in [-0.1, -0.05) is 0 Å². The summed E-state index contributed by atoms with van der Waals surface area (Å²) in [5, 5.41) is 3.27. The minimum absolute atomic E-state index is 0.765. The maximum absolute atomic E-state index is 5.35. The van der Waals surface area contributed by atoms with E-state index < -0.39 is 0 Å². The molecular formula is C11H24N2O. The lowest BCUT2D eigenvalue weighted by Gasteiger charge is -2.23. The average molecular weight is 200 g/mol. The van der Waals surface area contributed by atoms with Gasteiger partial charge in [-0.2, -0.15) is 0 Å². The number of hydrogen-bond acceptors (Lipinski definition) is 3. The molecule has 1 aliphatic rings. The van der Waals surface area contributed by atoms with Crippen molar-refractivity contribution in [3.63, 3.8) is 0 Å². The van der Waals surface area contributed by atoms with Gasteiger partial charge in [0.2, 0.25) is 0 Å². The third-order valence-electron chi connectivity index (χ3n) is 2.88. The quantitative estimate of drug-likeness (QED) is 0.623. The molecule has 0 saturated carbocycles. The maximum atomic E-state index is 5.35. The predicted octanol–water partition coefficient (Wildman–Crippen LogP) is 1.10. The first-order chi connectivity index (χ1) is 6.88. The van der Waals surface area contributed by atoms with E-state index in [0.29, 0.717) is 0 Å². The van der Waals surface area contributed by atoms with Crippen LogP contribution in [0.5, 0.6) is 0 Å². The molecule has 0 aromatic carbocycles. The minimum atomic E-state index is 0.765. The average Bonchev–Trinajstić information content (AvgIpc) is 2.61. The van der Waals surface area contributed by atoms with Gasteiger partial charge in [-0.15, -0.1) is 0 Å². The zero-order chi connectivity index (χ0) is 10.2. The molecule has 1 unspecified atom stereocenters. The van der Waals surface area contributed by atoms with Crippen LogP contribution in [0.1, 0.15) is 26.2 Å². The smallest absolute Gasteiger partial charge is 0.0478 e. The van der Waals surface area contributed by atoms with E-state index in [2.05, 4.69) is 17.1 Å². The van der Waals surface area contributed by atoms with Crippen LogP contribution in [-0.4, -0.2) is 50.8 Å². The Bertz CT molecular complexity index is 141. The summed E-state index contributed by atoms with van der Waals surface area (Å²) in [5.41, 5.74) is 0. The Hall–Kier alpha value is -0.120. The summed E-state index contributed by atoms with van der Waals surface area (Å²) in [5.74, 6) is 0. The first-order valence-electron chi connectivity index (χ1n) is 5.85. The van der Waals surface area contributed by atoms with E-state index in [1.54, 1.807) is 0 Å². The molecule has 1 N–H and O–H groups in total. The fourth-order valence-electron chi connectivity index (χ4n) is 2.17. The molecule has 0 radical (unpaired) electrons. The Kier molecular flexibility index (Phi) is 6.15. The van der Waals surface area contributed by atoms with Crippen LogP contribution < -0.4 is 5.32 Å². The molecule has 1 saturated heterocycles. The van der Waals surface area contributed by atoms with Crippen LogP contribution in [-0.2, 0) is 4.74 Å². The third-order valence-corrected chi connectivity index (χ3v) is 2.88. The molecule has 0 aromatic rings. The topological polar surface area (TPSA) is 24.5 Å². The van der Waals surface area contributed by atoms with Gasteiger partial charge < -0.3 is 10.1 Å². The first-order valence-corrected chi connectivity index (χ1v) is 5.85. The lowest BCUT2D eigenvalue weighted by atomic mass is 10.2. The molecule has 0 bridgehead atoms. The highest BCUT2D eigenvalue weighted by atomic mass is 16.5. The lowest BCUT2D eigenvalue weighted by molar-refractivity contribution is 0.129. The normalized spacial score (nSPS) is 23.1. The van der Waals surface area contributed by atoms with Gasteiger partial charge in [0, 0.05) is 32.3 Å². The molecule has 0 aromatic heterocycles. The summed E-state index contributed by atoms with van der Waals surface area (Å²) in [6, 6.07) is 0.765. The van der Waals surface area contributed by atoms with Gasteiger partial charge in [0.05, 0.1) is 0 Å². The second-order valence-electron chi connectivity index (χ2n) is 3.94. The standard InChI is InChI=1S/C11H24N2O/c1-3-14-9-5-8-13-7-4-6-11(13)10-12-2/h11-12H,3-10H2,1-2H3. The van der Waals surface area contributed by atoms with Crippen LogP contribution in [0.15, 0.2) is 0 Å². The van der Waals surface area contributed by atoms with Crippen LogP contribution in [0, 0.1) is 0 Å². The van der Waals surface area contributed by atoms with Crippen LogP contribution in [0.3, 0.4) is 0 Å². The van der Waals surface area contributed by atoms with Gasteiger partial charge in [0.25, 0.3) is 0 Å². The molecule has 1 heterocycles. The Morgan fingerprint density at radius 3 is 3.07 bits per heavy atom. The summed E-state index contributed by atoms with van der Waals surface area (Å²) in [6.07, 6.45) is 3.89. The fraction of sp³-hybridized carbons (Fsp3) is 1.00. The van der Waals surface area contributed by atoms with Crippen LogP contribution in [0.25, 0.3) is 0 Å². The number of nitrogens with one attached hydrogen (secondary N) is 1. The molecule has 1 fully saturated rings. The molecule has 0 amide bonds. The van der Waals surface area contributed by atoms with Crippen molar-refractivity contribution in [3.05, 3.63) is 0 Å². The van der Waals surface area contributed by atoms with Crippen molar-refractivity contribution >= 4 is 0 Å². The third kappa shape index (κ3) is 3.95. The van der Waals surface area contributed by atoms with E-state index in [1.807, 2.05) is 7.05 Å². The van der Waals surface area contributed by atoms with Gasteiger partial charge >= 0.3 is 0 Å². The van der Waals surface area contributed by atoms with Crippen LogP contribution in [0.4, 0.5) is 0 Å². The summed E-state index contributed by atoms with van der Waals surface area (Å²) in [6.45, 7) is 7.43. The van der Waals surface area contributed by atoms with E-state index in [-0.39, 0.29) is 0 Å². The van der Waals surface area contributed by atoms with Crippen molar-refractivity contribution in [1.29, 1.82) is 0 Å². The van der Waals surface area contributed by atoms with Crippen LogP contribution in [0.2, 0.25) is 0 Å². The molecule has 3 nitrogen and oxygen atoms in total. The summed E-state index contributed by atoms with van der Waals surface area (Å²) >= 11 is 0. The highest BCUT2D eigenvalue weighted by molar-refractivity contribution is 4.80. The van der Waals surface area contributed by atoms with Crippen LogP contribution >= 0.6 is 0 Å². The second kappa shape index (κ2) is 7.21. The fourth-order valence-corrected chi connectivity index (χ4v) is 2.17. The van der Waals surface area contributed by atoms with Crippen molar-refractivity contribution in [3.8, 4) is 0 Å². The first kappa shape index (κ1) is 12.0. The van der Waals surface area contributed by atoms with Gasteiger partial charge in [0.1, 0.15) is 0 Å². The molecule has 1 atom stereocenters. The van der Waals surface area contributed by atoms with E-state index in [9.17, 15) is 0 Å². The monoisotopic (exact) mass is 200 g/mol. The molecule has 3 heteroatoms. The van der Waals surface area contributed by atoms with Crippen molar-refractivity contribution < 1.29 is 4.74 Å². The predicted molar refractivity (Wildman–Crippen MR) is 59.6 cm³/mol. The number of nitrogens with zero attached hydrogens (tertiary/aromatic N) is 1. The summed E-state index contributed by atoms with van der Waals surface area (Å²) < 4.78 is 5.35. The number of likely N-dealkylation sites (tertiary alicyclic amines) is 1. The van der Waals surface area contributed by atoms with E-state index in [1.165, 1.54) is 32.4 Å². The largest absolute Gasteiger partial charge is 0.382 e. The number of hydrogen-bond donors (Lipinski definition) is 1. The van der Waals surface area contributed by atoms with Crippen molar-refractivity contribution in [2.75, 3.05) is 39.9 Å². The number of rotatable bonds is 7. The Balaban J connectivity index is 2.09. The summed E-state index contributed by atoms with van der Waals surface area (Å²) in [7, 11) is 2.04. The van der Waals surface area contributed by atoms with Gasteiger partial charge in [-0.25, -0.2) is 0 Å². The zero-order valence-electron chi connectivity index (χ0n) is 9.59. The van der Waals surface area contributed by atoms with Gasteiger partial charge in [0.15, 0.2) is 0 Å². The van der Waals surface area contributed by atoms with Crippen molar-refractivity contribution in [2.24, 2.45) is 0 Å². The SMILES string of the molecule is CCOCCCN1CCCC1CNC. The molecule has 0 aliphatic carbocycles. The van der Waals surface area contributed by atoms with Gasteiger partial charge in [-0.05, 0) is 39.8 Å². The molecule has 0 spiro atoms. The van der Waals surface area contributed by atoms with Gasteiger partial charge in [-0.3, -0.25) is 4.90 Å². The molecule has 1 rings (SSSR count). The van der Waals surface area contributed by atoms with E-state index >= 15 is 0 Å². The Labute approximate surface area is 87.8 Å². The van der Waals surface area contributed by atoms with Crippen molar-refractivity contribution in [1.82, 2.24) is 10.2 Å². The Morgan fingerprint density at radius 1 is 1.50 bits per heavy atom. The molecule has 14 heavy (non-hydrogen) atoms. The maximum Gasteiger partial charge on any atom is 0.0478 e. The highest BCUT2D eigenvalue weighted by Crippen LogP contribution is 2.16. The molecule has 1 aliphatic heterocycles. The number of ether oxygens (including phenoxy) is 1. The van der Waals surface area contributed by atoms with Crippen molar-refractivity contribution in [2.45, 2.75) is 32.2 Å². The summed E-state index contributed by atoms with van der Waals surface area (Å²) in [4.78, 5) is 2.59. The van der Waals surface area contributed by atoms with E-state index in [0.717, 1.165) is 25.8 Å². The lowest BCUT2D eigenvalue weighted by Crippen LogP contribution is -2.37. The highest BCUT2D eigenvalue weighted by Gasteiger charge is 2.22. The minimum Gasteiger partial charge on any atom is -0.382 e. The number of likely N-dealkylation sites (N-methyl/N-ethyl adjacent to an activating group) is 1. The molecular weight excluding hydrogens is 176 g/mol.